The van der Waals surface area contributed by atoms with Gasteiger partial charge in [0.15, 0.2) is 5.96 Å². The molecule has 1 atom stereocenters. The number of pyridine rings is 1. The number of nitrogens with zero attached hydrogens (tertiary/aromatic N) is 2. The van der Waals surface area contributed by atoms with E-state index in [9.17, 15) is 0 Å². The first-order valence-corrected chi connectivity index (χ1v) is 8.81. The van der Waals surface area contributed by atoms with E-state index in [1.54, 1.807) is 25.4 Å². The molecule has 1 saturated heterocycles. The first-order chi connectivity index (χ1) is 10.6. The number of guanidine groups is 1. The largest absolute Gasteiger partial charge is 0.475 e. The van der Waals surface area contributed by atoms with Gasteiger partial charge in [-0.3, -0.25) is 4.99 Å². The summed E-state index contributed by atoms with van der Waals surface area (Å²) in [4.78, 5) is 8.31. The molecule has 23 heavy (non-hydrogen) atoms. The third-order valence-electron chi connectivity index (χ3n) is 3.51. The highest BCUT2D eigenvalue weighted by Gasteiger charge is 2.29. The molecule has 1 unspecified atom stereocenters. The summed E-state index contributed by atoms with van der Waals surface area (Å²) in [7, 11) is 1.77. The van der Waals surface area contributed by atoms with E-state index >= 15 is 0 Å². The Kier molecular flexibility index (Phi) is 9.38. The number of hydrogen-bond acceptors (Lipinski definition) is 4. The molecule has 1 aromatic heterocycles. The Labute approximate surface area is 164 Å². The molecular formula is C15H24ClIN4OS. The van der Waals surface area contributed by atoms with Gasteiger partial charge in [-0.2, -0.15) is 11.8 Å². The van der Waals surface area contributed by atoms with Crippen LogP contribution in [-0.4, -0.2) is 48.2 Å². The van der Waals surface area contributed by atoms with Gasteiger partial charge in [-0.25, -0.2) is 4.98 Å². The van der Waals surface area contributed by atoms with Crippen molar-refractivity contribution in [2.24, 2.45) is 4.99 Å². The van der Waals surface area contributed by atoms with E-state index in [-0.39, 0.29) is 24.0 Å². The van der Waals surface area contributed by atoms with E-state index in [0.717, 1.165) is 12.5 Å². The normalized spacial score (nSPS) is 20.7. The van der Waals surface area contributed by atoms with Gasteiger partial charge in [0.1, 0.15) is 11.6 Å². The zero-order valence-electron chi connectivity index (χ0n) is 13.5. The molecule has 1 fully saturated rings. The molecule has 2 heterocycles. The number of thioether (sulfide) groups is 1. The fourth-order valence-corrected chi connectivity index (χ4v) is 3.68. The van der Waals surface area contributed by atoms with Crippen molar-refractivity contribution in [1.82, 2.24) is 15.6 Å². The highest BCUT2D eigenvalue weighted by molar-refractivity contribution is 14.0. The first-order valence-electron chi connectivity index (χ1n) is 7.45. The highest BCUT2D eigenvalue weighted by Crippen LogP contribution is 2.36. The van der Waals surface area contributed by atoms with Crippen molar-refractivity contribution in [3.05, 3.63) is 23.4 Å². The zero-order valence-corrected chi connectivity index (χ0v) is 17.4. The fraction of sp³-hybridized carbons (Fsp3) is 0.600. The number of rotatable bonds is 6. The number of aromatic nitrogens is 1. The van der Waals surface area contributed by atoms with Gasteiger partial charge in [-0.05, 0) is 37.7 Å². The molecular weight excluding hydrogens is 447 g/mol. The SMILES string of the molecule is CN=C(NCCOc1ncccc1Cl)NCC1(C)CCCS1.I. The van der Waals surface area contributed by atoms with Gasteiger partial charge in [0.05, 0.1) is 6.54 Å². The summed E-state index contributed by atoms with van der Waals surface area (Å²) in [6.45, 7) is 4.33. The van der Waals surface area contributed by atoms with Crippen LogP contribution in [0, 0.1) is 0 Å². The van der Waals surface area contributed by atoms with Gasteiger partial charge >= 0.3 is 0 Å². The molecule has 1 aliphatic heterocycles. The van der Waals surface area contributed by atoms with Crippen LogP contribution >= 0.6 is 47.3 Å². The zero-order chi connectivity index (χ0) is 15.8. The van der Waals surface area contributed by atoms with Crippen molar-refractivity contribution in [3.8, 4) is 5.88 Å². The summed E-state index contributed by atoms with van der Waals surface area (Å²) in [6, 6.07) is 3.54. The van der Waals surface area contributed by atoms with Crippen LogP contribution in [0.1, 0.15) is 19.8 Å². The second kappa shape index (κ2) is 10.5. The van der Waals surface area contributed by atoms with E-state index < -0.39 is 0 Å². The lowest BCUT2D eigenvalue weighted by Gasteiger charge is -2.24. The number of halogens is 2. The van der Waals surface area contributed by atoms with Crippen molar-refractivity contribution >= 4 is 53.3 Å². The van der Waals surface area contributed by atoms with Gasteiger partial charge in [0.25, 0.3) is 0 Å². The number of hydrogen-bond donors (Lipinski definition) is 2. The second-order valence-corrected chi connectivity index (χ2v) is 7.48. The molecule has 0 radical (unpaired) electrons. The quantitative estimate of drug-likeness (QED) is 0.289. The predicted octanol–water partition coefficient (Wildman–Crippen LogP) is 3.18. The van der Waals surface area contributed by atoms with E-state index in [1.165, 1.54) is 18.6 Å². The standard InChI is InChI=1S/C15H23ClN4OS.HI/c1-15(6-4-10-22-15)11-20-14(17-2)19-8-9-21-13-12(16)5-3-7-18-13;/h3,5,7H,4,6,8-11H2,1-2H3,(H2,17,19,20);1H. The summed E-state index contributed by atoms with van der Waals surface area (Å²) in [5.41, 5.74) is 0. The maximum absolute atomic E-state index is 5.98. The molecule has 130 valence electrons. The summed E-state index contributed by atoms with van der Waals surface area (Å²) in [5.74, 6) is 2.51. The van der Waals surface area contributed by atoms with Gasteiger partial charge in [-0.1, -0.05) is 11.6 Å². The summed E-state index contributed by atoms with van der Waals surface area (Å²) in [5, 5.41) is 7.14. The molecule has 0 aromatic carbocycles. The Morgan fingerprint density at radius 2 is 2.35 bits per heavy atom. The van der Waals surface area contributed by atoms with E-state index in [1.807, 2.05) is 11.8 Å². The number of aliphatic imine (C=N–C) groups is 1. The van der Waals surface area contributed by atoms with Crippen LogP contribution in [0.25, 0.3) is 0 Å². The van der Waals surface area contributed by atoms with Crippen LogP contribution in [-0.2, 0) is 0 Å². The molecule has 0 amide bonds. The lowest BCUT2D eigenvalue weighted by molar-refractivity contribution is 0.310. The average molecular weight is 471 g/mol. The minimum atomic E-state index is 0. The van der Waals surface area contributed by atoms with Crippen molar-refractivity contribution in [1.29, 1.82) is 0 Å². The molecule has 0 bridgehead atoms. The maximum atomic E-state index is 5.98. The number of nitrogens with one attached hydrogen (secondary N) is 2. The topological polar surface area (TPSA) is 58.5 Å². The average Bonchev–Trinajstić information content (AvgIpc) is 2.95. The Balaban J connectivity index is 0.00000264. The molecule has 2 rings (SSSR count). The van der Waals surface area contributed by atoms with Gasteiger partial charge < -0.3 is 15.4 Å². The van der Waals surface area contributed by atoms with Gasteiger partial charge in [0, 0.05) is 24.5 Å². The monoisotopic (exact) mass is 470 g/mol. The van der Waals surface area contributed by atoms with Crippen molar-refractivity contribution in [2.45, 2.75) is 24.5 Å². The number of ether oxygens (including phenoxy) is 1. The molecule has 0 saturated carbocycles. The van der Waals surface area contributed by atoms with Gasteiger partial charge in [0.2, 0.25) is 5.88 Å². The van der Waals surface area contributed by atoms with Crippen molar-refractivity contribution in [2.75, 3.05) is 32.5 Å². The molecule has 5 nitrogen and oxygen atoms in total. The molecule has 0 aliphatic carbocycles. The lowest BCUT2D eigenvalue weighted by Crippen LogP contribution is -2.44. The fourth-order valence-electron chi connectivity index (χ4n) is 2.26. The Morgan fingerprint density at radius 3 is 3.00 bits per heavy atom. The maximum Gasteiger partial charge on any atom is 0.232 e. The summed E-state index contributed by atoms with van der Waals surface area (Å²) < 4.78 is 5.85. The molecule has 1 aromatic rings. The third-order valence-corrected chi connectivity index (χ3v) is 5.34. The smallest absolute Gasteiger partial charge is 0.232 e. The molecule has 1 aliphatic rings. The van der Waals surface area contributed by atoms with Crippen LogP contribution in [0.5, 0.6) is 5.88 Å². The summed E-state index contributed by atoms with van der Waals surface area (Å²) >= 11 is 8.02. The van der Waals surface area contributed by atoms with E-state index in [4.69, 9.17) is 16.3 Å². The van der Waals surface area contributed by atoms with E-state index in [0.29, 0.717) is 28.8 Å². The summed E-state index contributed by atoms with van der Waals surface area (Å²) in [6.07, 6.45) is 4.21. The minimum absolute atomic E-state index is 0. The molecule has 8 heteroatoms. The van der Waals surface area contributed by atoms with Crippen LogP contribution in [0.2, 0.25) is 5.02 Å². The van der Waals surface area contributed by atoms with Crippen LogP contribution < -0.4 is 15.4 Å². The first kappa shape index (κ1) is 20.6. The Hall–Kier alpha value is -0.410. The molecule has 0 spiro atoms. The Morgan fingerprint density at radius 1 is 1.52 bits per heavy atom. The molecule has 2 N–H and O–H groups in total. The second-order valence-electron chi connectivity index (χ2n) is 5.39. The van der Waals surface area contributed by atoms with Crippen molar-refractivity contribution in [3.63, 3.8) is 0 Å². The van der Waals surface area contributed by atoms with Crippen molar-refractivity contribution < 1.29 is 4.74 Å². The van der Waals surface area contributed by atoms with Crippen LogP contribution in [0.3, 0.4) is 0 Å². The highest BCUT2D eigenvalue weighted by atomic mass is 127. The minimum Gasteiger partial charge on any atom is -0.475 e. The van der Waals surface area contributed by atoms with Crippen LogP contribution in [0.15, 0.2) is 23.3 Å². The third kappa shape index (κ3) is 6.93. The predicted molar refractivity (Wildman–Crippen MR) is 110 cm³/mol. The van der Waals surface area contributed by atoms with E-state index in [2.05, 4.69) is 27.5 Å². The van der Waals surface area contributed by atoms with Crippen LogP contribution in [0.4, 0.5) is 0 Å². The Bertz CT molecular complexity index is 512. The van der Waals surface area contributed by atoms with Gasteiger partial charge in [-0.15, -0.1) is 24.0 Å². The lowest BCUT2D eigenvalue weighted by atomic mass is 10.1.